The summed E-state index contributed by atoms with van der Waals surface area (Å²) >= 11 is 8.44. The minimum absolute atomic E-state index is 0.459. The van der Waals surface area contributed by atoms with Crippen molar-refractivity contribution in [3.05, 3.63) is 31.5 Å². The quantitative estimate of drug-likeness (QED) is 0.834. The van der Waals surface area contributed by atoms with E-state index in [1.165, 1.54) is 4.88 Å². The summed E-state index contributed by atoms with van der Waals surface area (Å²) in [5.41, 5.74) is 5.68. The molecule has 7 heteroatoms. The fraction of sp³-hybridized carbons (Fsp3) is 0.200. The summed E-state index contributed by atoms with van der Waals surface area (Å²) in [6.45, 7) is 0.756. The van der Waals surface area contributed by atoms with Gasteiger partial charge in [0.25, 0.3) is 0 Å². The Hall–Kier alpha value is -0.660. The van der Waals surface area contributed by atoms with Gasteiger partial charge in [-0.15, -0.1) is 11.3 Å². The van der Waals surface area contributed by atoms with Crippen LogP contribution in [0.2, 0.25) is 0 Å². The molecule has 0 aliphatic rings. The molecule has 0 saturated carbocycles. The second-order valence-electron chi connectivity index (χ2n) is 3.50. The average Bonchev–Trinajstić information content (AvgIpc) is 2.62. The Balaban J connectivity index is 2.16. The van der Waals surface area contributed by atoms with Crippen LogP contribution in [0.4, 0.5) is 11.8 Å². The van der Waals surface area contributed by atoms with Gasteiger partial charge >= 0.3 is 0 Å². The molecule has 0 saturated heterocycles. The van der Waals surface area contributed by atoms with E-state index in [0.717, 1.165) is 11.0 Å². The zero-order valence-electron chi connectivity index (χ0n) is 9.02. The zero-order valence-corrected chi connectivity index (χ0v) is 13.0. The van der Waals surface area contributed by atoms with Crippen LogP contribution in [0.25, 0.3) is 0 Å². The third kappa shape index (κ3) is 3.40. The van der Waals surface area contributed by atoms with E-state index >= 15 is 0 Å². The maximum Gasteiger partial charge on any atom is 0.228 e. The zero-order chi connectivity index (χ0) is 12.4. The molecular weight excluding hydrogens is 368 g/mol. The Morgan fingerprint density at radius 3 is 2.71 bits per heavy atom. The SMILES string of the molecule is CN(Cc1cc(Br)cs1)c1nc(N)cc(Br)n1. The number of hydrogen-bond donors (Lipinski definition) is 1. The lowest BCUT2D eigenvalue weighted by molar-refractivity contribution is 0.876. The van der Waals surface area contributed by atoms with Crippen molar-refractivity contribution in [1.82, 2.24) is 9.97 Å². The van der Waals surface area contributed by atoms with Gasteiger partial charge in [-0.2, -0.15) is 4.98 Å². The average molecular weight is 378 g/mol. The van der Waals surface area contributed by atoms with Gasteiger partial charge in [-0.1, -0.05) is 0 Å². The second kappa shape index (κ2) is 5.32. The number of aromatic nitrogens is 2. The first-order valence-corrected chi connectivity index (χ1v) is 7.25. The van der Waals surface area contributed by atoms with Crippen LogP contribution in [0.3, 0.4) is 0 Å². The van der Waals surface area contributed by atoms with Gasteiger partial charge in [-0.3, -0.25) is 0 Å². The summed E-state index contributed by atoms with van der Waals surface area (Å²) in [6, 6.07) is 3.77. The summed E-state index contributed by atoms with van der Waals surface area (Å²) < 4.78 is 1.79. The Morgan fingerprint density at radius 2 is 2.12 bits per heavy atom. The Bertz CT molecular complexity index is 509. The molecule has 0 radical (unpaired) electrons. The lowest BCUT2D eigenvalue weighted by Crippen LogP contribution is -2.19. The predicted molar refractivity (Wildman–Crippen MR) is 78.3 cm³/mol. The van der Waals surface area contributed by atoms with E-state index < -0.39 is 0 Å². The molecule has 17 heavy (non-hydrogen) atoms. The van der Waals surface area contributed by atoms with Crippen molar-refractivity contribution in [2.45, 2.75) is 6.54 Å². The van der Waals surface area contributed by atoms with Crippen molar-refractivity contribution in [2.24, 2.45) is 0 Å². The molecule has 0 bridgehead atoms. The summed E-state index contributed by atoms with van der Waals surface area (Å²) in [7, 11) is 1.94. The number of thiophene rings is 1. The van der Waals surface area contributed by atoms with Gasteiger partial charge in [-0.25, -0.2) is 4.98 Å². The van der Waals surface area contributed by atoms with E-state index in [1.807, 2.05) is 11.9 Å². The van der Waals surface area contributed by atoms with E-state index in [-0.39, 0.29) is 0 Å². The lowest BCUT2D eigenvalue weighted by Gasteiger charge is -2.16. The van der Waals surface area contributed by atoms with Crippen molar-refractivity contribution in [3.8, 4) is 0 Å². The van der Waals surface area contributed by atoms with E-state index in [1.54, 1.807) is 17.4 Å². The molecule has 0 aliphatic heterocycles. The minimum Gasteiger partial charge on any atom is -0.383 e. The van der Waals surface area contributed by atoms with Gasteiger partial charge in [0.1, 0.15) is 10.4 Å². The third-order valence-electron chi connectivity index (χ3n) is 2.06. The molecule has 0 atom stereocenters. The normalized spacial score (nSPS) is 10.5. The lowest BCUT2D eigenvalue weighted by atomic mass is 10.4. The molecule has 2 aromatic rings. The maximum absolute atomic E-state index is 5.68. The van der Waals surface area contributed by atoms with Crippen molar-refractivity contribution >= 4 is 55.0 Å². The Labute approximate surface area is 120 Å². The summed E-state index contributed by atoms with van der Waals surface area (Å²) in [6.07, 6.45) is 0. The van der Waals surface area contributed by atoms with Crippen LogP contribution in [0, 0.1) is 0 Å². The molecule has 0 spiro atoms. The number of nitrogens with two attached hydrogens (primary N) is 1. The molecule has 2 rings (SSSR count). The molecule has 0 unspecified atom stereocenters. The van der Waals surface area contributed by atoms with E-state index in [4.69, 9.17) is 5.73 Å². The largest absolute Gasteiger partial charge is 0.383 e. The van der Waals surface area contributed by atoms with Crippen LogP contribution in [0.5, 0.6) is 0 Å². The summed E-state index contributed by atoms with van der Waals surface area (Å²) in [4.78, 5) is 11.7. The number of hydrogen-bond acceptors (Lipinski definition) is 5. The van der Waals surface area contributed by atoms with Crippen molar-refractivity contribution in [3.63, 3.8) is 0 Å². The highest BCUT2D eigenvalue weighted by Crippen LogP contribution is 2.22. The van der Waals surface area contributed by atoms with Crippen molar-refractivity contribution in [2.75, 3.05) is 17.7 Å². The van der Waals surface area contributed by atoms with Gasteiger partial charge in [0.05, 0.1) is 6.54 Å². The standard InChI is InChI=1S/C10H10Br2N4S/c1-16(4-7-2-6(11)5-17-7)10-14-8(12)3-9(13)15-10/h2-3,5H,4H2,1H3,(H2,13,14,15). The molecule has 0 fully saturated rings. The van der Waals surface area contributed by atoms with Gasteiger partial charge in [0, 0.05) is 27.8 Å². The first-order valence-electron chi connectivity index (χ1n) is 4.78. The molecule has 0 aromatic carbocycles. The van der Waals surface area contributed by atoms with Crippen LogP contribution in [-0.2, 0) is 6.54 Å². The van der Waals surface area contributed by atoms with Gasteiger partial charge in [-0.05, 0) is 37.9 Å². The third-order valence-corrected chi connectivity index (χ3v) is 4.15. The fourth-order valence-corrected chi connectivity index (χ4v) is 3.23. The predicted octanol–water partition coefficient (Wildman–Crippen LogP) is 3.28. The van der Waals surface area contributed by atoms with Crippen LogP contribution in [-0.4, -0.2) is 17.0 Å². The van der Waals surface area contributed by atoms with Crippen LogP contribution in [0.1, 0.15) is 4.88 Å². The molecular formula is C10H10Br2N4S. The molecule has 2 heterocycles. The minimum atomic E-state index is 0.459. The van der Waals surface area contributed by atoms with Crippen molar-refractivity contribution in [1.29, 1.82) is 0 Å². The van der Waals surface area contributed by atoms with E-state index in [0.29, 0.717) is 16.4 Å². The number of rotatable bonds is 3. The highest BCUT2D eigenvalue weighted by atomic mass is 79.9. The van der Waals surface area contributed by atoms with Gasteiger partial charge in [0.2, 0.25) is 5.95 Å². The van der Waals surface area contributed by atoms with Crippen LogP contribution in [0.15, 0.2) is 26.6 Å². The van der Waals surface area contributed by atoms with E-state index in [2.05, 4.69) is 53.3 Å². The van der Waals surface area contributed by atoms with Crippen LogP contribution >= 0.6 is 43.2 Å². The summed E-state index contributed by atoms with van der Waals surface area (Å²) in [5, 5.41) is 2.05. The second-order valence-corrected chi connectivity index (χ2v) is 6.23. The number of anilines is 2. The first-order chi connectivity index (χ1) is 8.04. The molecule has 2 N–H and O–H groups in total. The highest BCUT2D eigenvalue weighted by molar-refractivity contribution is 9.10. The topological polar surface area (TPSA) is 55.0 Å². The highest BCUT2D eigenvalue weighted by Gasteiger charge is 2.08. The Kier molecular flexibility index (Phi) is 4.01. The molecule has 0 amide bonds. The summed E-state index contributed by atoms with van der Waals surface area (Å²) in [5.74, 6) is 1.07. The first kappa shape index (κ1) is 12.8. The fourth-order valence-electron chi connectivity index (χ4n) is 1.33. The number of nitrogens with zero attached hydrogens (tertiary/aromatic N) is 3. The monoisotopic (exact) mass is 376 g/mol. The van der Waals surface area contributed by atoms with Gasteiger partial charge < -0.3 is 10.6 Å². The molecule has 90 valence electrons. The molecule has 4 nitrogen and oxygen atoms in total. The van der Waals surface area contributed by atoms with Crippen LogP contribution < -0.4 is 10.6 Å². The van der Waals surface area contributed by atoms with Crippen molar-refractivity contribution < 1.29 is 0 Å². The van der Waals surface area contributed by atoms with Gasteiger partial charge in [0.15, 0.2) is 0 Å². The van der Waals surface area contributed by atoms with E-state index in [9.17, 15) is 0 Å². The maximum atomic E-state index is 5.68. The smallest absolute Gasteiger partial charge is 0.228 e. The molecule has 0 aliphatic carbocycles. The Morgan fingerprint density at radius 1 is 1.35 bits per heavy atom. The molecule has 2 aromatic heterocycles. The number of halogens is 2. The number of nitrogen functional groups attached to an aromatic ring is 1.